The van der Waals surface area contributed by atoms with Gasteiger partial charge in [-0.3, -0.25) is 0 Å². The van der Waals surface area contributed by atoms with Gasteiger partial charge in [0.05, 0.1) is 79.5 Å². The van der Waals surface area contributed by atoms with Crippen LogP contribution in [0.5, 0.6) is 0 Å². The molecule has 48 heavy (non-hydrogen) atoms. The van der Waals surface area contributed by atoms with Crippen LogP contribution in [-0.4, -0.2) is 18.5 Å². The second kappa shape index (κ2) is 19.5. The van der Waals surface area contributed by atoms with Crippen LogP contribution < -0.4 is 31.8 Å². The summed E-state index contributed by atoms with van der Waals surface area (Å²) in [5.74, 6) is 0. The van der Waals surface area contributed by atoms with Crippen molar-refractivity contribution in [1.82, 2.24) is 0 Å². The molecule has 0 nitrogen and oxygen atoms in total. The summed E-state index contributed by atoms with van der Waals surface area (Å²) in [6.07, 6.45) is 3.61. The molecule has 0 amide bonds. The van der Waals surface area contributed by atoms with E-state index in [1.54, 1.807) is 0 Å². The first-order chi connectivity index (χ1) is 23.2. The second-order valence-corrected chi connectivity index (χ2v) is 29.5. The van der Waals surface area contributed by atoms with Gasteiger partial charge in [-0.2, -0.15) is 0 Å². The van der Waals surface area contributed by atoms with E-state index in [-0.39, 0.29) is 25.8 Å². The summed E-state index contributed by atoms with van der Waals surface area (Å²) >= 11 is 0. The fraction of sp³-hybridized carbons (Fsp3) is 0.122. The Hall–Kier alpha value is -1.83. The van der Waals surface area contributed by atoms with Gasteiger partial charge in [0.2, 0.25) is 0 Å². The number of benzene rings is 6. The van der Waals surface area contributed by atoms with Gasteiger partial charge in [0.15, 0.2) is 0 Å². The van der Waals surface area contributed by atoms with Crippen molar-refractivity contribution < 1.29 is 20.4 Å². The summed E-state index contributed by atoms with van der Waals surface area (Å²) in [5, 5.41) is 9.06. The van der Waals surface area contributed by atoms with Crippen molar-refractivity contribution in [3.63, 3.8) is 0 Å². The van der Waals surface area contributed by atoms with Gasteiger partial charge < -0.3 is 0 Å². The van der Waals surface area contributed by atoms with Crippen LogP contribution in [0.25, 0.3) is 0 Å². The van der Waals surface area contributed by atoms with E-state index in [0.29, 0.717) is 0 Å². The first-order valence-corrected chi connectivity index (χ1v) is 27.5. The minimum atomic E-state index is -1.04. The summed E-state index contributed by atoms with van der Waals surface area (Å²) in [6, 6.07) is 68.2. The molecule has 6 aromatic carbocycles. The van der Waals surface area contributed by atoms with Crippen LogP contribution in [0.3, 0.4) is 0 Å². The maximum atomic E-state index is 2.64. The average molecular weight is 830 g/mol. The van der Waals surface area contributed by atoms with E-state index >= 15 is 0 Å². The predicted octanol–water partition coefficient (Wildman–Crippen LogP) is 9.37. The van der Waals surface area contributed by atoms with Gasteiger partial charge in [-0.15, -0.1) is 0 Å². The molecule has 0 N–H and O–H groups in total. The van der Waals surface area contributed by atoms with Crippen molar-refractivity contribution in [3.05, 3.63) is 182 Å². The Morgan fingerprint density at radius 1 is 0.333 bits per heavy atom. The van der Waals surface area contributed by atoms with E-state index in [2.05, 4.69) is 189 Å². The third-order valence-corrected chi connectivity index (χ3v) is 21.7. The number of hydrogen-bond donors (Lipinski definition) is 0. The van der Waals surface area contributed by atoms with Crippen molar-refractivity contribution in [2.75, 3.05) is 18.5 Å². The van der Waals surface area contributed by atoms with Gasteiger partial charge >= 0.3 is 0 Å². The van der Waals surface area contributed by atoms with Crippen LogP contribution in [0.2, 0.25) is 0 Å². The van der Waals surface area contributed by atoms with Crippen molar-refractivity contribution >= 4 is 78.2 Å². The van der Waals surface area contributed by atoms with Crippen LogP contribution >= 0.6 is 46.4 Å². The Labute approximate surface area is 309 Å². The molecule has 0 saturated carbocycles. The van der Waals surface area contributed by atoms with Crippen LogP contribution in [0, 0.1) is 5.41 Å². The largest absolute Gasteiger partial charge is 0.0972 e. The zero-order valence-electron chi connectivity index (χ0n) is 27.3. The fourth-order valence-electron chi connectivity index (χ4n) is 6.42. The Morgan fingerprint density at radius 3 is 0.646 bits per heavy atom. The van der Waals surface area contributed by atoms with Crippen molar-refractivity contribution in [3.8, 4) is 0 Å². The summed E-state index contributed by atoms with van der Waals surface area (Å²) in [6.45, 7) is 2.64. The molecule has 0 bridgehead atoms. The molecule has 7 aromatic rings. The van der Waals surface area contributed by atoms with Gasteiger partial charge in [-0.25, -0.2) is 0 Å². The van der Waals surface area contributed by atoms with E-state index in [9.17, 15) is 0 Å². The number of hydrogen-bond acceptors (Lipinski definition) is 0. The molecule has 1 heterocycles. The molecule has 1 aromatic heterocycles. The van der Waals surface area contributed by atoms with Crippen molar-refractivity contribution in [1.29, 1.82) is 0 Å². The zero-order chi connectivity index (χ0) is 32.2. The third-order valence-electron chi connectivity index (χ3n) is 8.67. The minimum Gasteiger partial charge on any atom is -0.0972 e. The summed E-state index contributed by atoms with van der Waals surface area (Å²) in [4.78, 5) is 0. The third kappa shape index (κ3) is 11.1. The van der Waals surface area contributed by atoms with E-state index in [1.807, 2.05) is 0 Å². The van der Waals surface area contributed by atoms with Crippen molar-refractivity contribution in [2.24, 2.45) is 5.41 Å². The van der Waals surface area contributed by atoms with Crippen LogP contribution in [0.15, 0.2) is 182 Å². The first-order valence-electron chi connectivity index (χ1n) is 16.3. The summed E-state index contributed by atoms with van der Waals surface area (Å²) in [5.41, 5.74) is 0.125. The van der Waals surface area contributed by atoms with Gasteiger partial charge in [0.25, 0.3) is 0 Å². The molecular weight excluding hydrogens is 785 g/mol. The van der Waals surface area contributed by atoms with Gasteiger partial charge in [0.1, 0.15) is 0 Å². The molecule has 0 aliphatic carbocycles. The van der Waals surface area contributed by atoms with Crippen LogP contribution in [0.4, 0.5) is 0 Å². The molecular formula is C41H45P6Pd+3. The first kappa shape index (κ1) is 37.4. The average Bonchev–Trinajstić information content (AvgIpc) is 4.05. The van der Waals surface area contributed by atoms with Gasteiger partial charge in [-0.05, 0) is 79.7 Å². The fourth-order valence-corrected chi connectivity index (χ4v) is 16.3. The Bertz CT molecular complexity index is 1490. The maximum absolute atomic E-state index is 2.64. The zero-order valence-corrected chi connectivity index (χ0v) is 34.8. The SMILES string of the molecule is CC(C[PH+](c1ccccc1)c1ccccc1)(C[PH+](c1ccccc1)c1ccccc1)C[PH+](c1ccccc1)c1ccccc1.[Pd].[pH]1[pH][pH]1. The molecule has 7 rings (SSSR count). The van der Waals surface area contributed by atoms with Gasteiger partial charge in [0, 0.05) is 20.4 Å². The molecule has 0 atom stereocenters. The normalized spacial score (nSPS) is 11.8. The Balaban J connectivity index is 0.00000107. The standard InChI is InChI=1S/C41H39P3.H3P3.Pd/c1-41(32-42(35-20-8-2-9-21-35)36-22-10-3-11-23-36,33-43(37-24-12-4-13-25-37)38-26-14-5-15-27-38)34-44(39-28-16-6-17-29-39)40-30-18-7-19-31-40;1-2-3-1;/h2-31H,32-34H2,1H3;1-3H;/p+3. The number of rotatable bonds is 12. The summed E-state index contributed by atoms with van der Waals surface area (Å²) in [7, 11) is 1.05. The molecule has 0 radical (unpaired) electrons. The molecule has 246 valence electrons. The van der Waals surface area contributed by atoms with Gasteiger partial charge in [-0.1, -0.05) is 132 Å². The Kier molecular flexibility index (Phi) is 15.2. The molecule has 0 aliphatic rings. The molecule has 0 saturated heterocycles. The van der Waals surface area contributed by atoms with E-state index < -0.39 is 23.8 Å². The molecule has 7 heteroatoms. The molecule has 0 aliphatic heterocycles. The Morgan fingerprint density at radius 2 is 0.500 bits per heavy atom. The monoisotopic (exact) mass is 829 g/mol. The van der Waals surface area contributed by atoms with E-state index in [1.165, 1.54) is 73.0 Å². The van der Waals surface area contributed by atoms with E-state index in [4.69, 9.17) is 0 Å². The van der Waals surface area contributed by atoms with Crippen LogP contribution in [-0.2, 0) is 20.4 Å². The molecule has 0 fully saturated rings. The van der Waals surface area contributed by atoms with Crippen LogP contribution in [0.1, 0.15) is 6.92 Å². The van der Waals surface area contributed by atoms with E-state index in [0.717, 1.165) is 0 Å². The topological polar surface area (TPSA) is 0 Å². The minimum absolute atomic E-state index is 0. The van der Waals surface area contributed by atoms with Crippen molar-refractivity contribution in [2.45, 2.75) is 6.92 Å². The molecule has 0 unspecified atom stereocenters. The summed E-state index contributed by atoms with van der Waals surface area (Å²) < 4.78 is 0. The predicted molar refractivity (Wildman–Crippen MR) is 229 cm³/mol. The smallest absolute Gasteiger partial charge is 0.0967 e. The molecule has 0 spiro atoms. The second-order valence-electron chi connectivity index (χ2n) is 12.3. The maximum Gasteiger partial charge on any atom is 0.0967 e. The quantitative estimate of drug-likeness (QED) is 0.0852.